The molecule has 1 heteroatoms. The number of hydrogen-bond donors (Lipinski definition) is 0. The molecule has 1 heterocycles. The van der Waals surface area contributed by atoms with Crippen molar-refractivity contribution >= 4 is 5.71 Å². The van der Waals surface area contributed by atoms with Gasteiger partial charge in [-0.1, -0.05) is 32.6 Å². The highest BCUT2D eigenvalue weighted by Crippen LogP contribution is 2.43. The molecule has 1 aliphatic carbocycles. The first-order valence-corrected chi connectivity index (χ1v) is 5.87. The van der Waals surface area contributed by atoms with Crippen LogP contribution in [0.2, 0.25) is 0 Å². The zero-order chi connectivity index (χ0) is 9.15. The summed E-state index contributed by atoms with van der Waals surface area (Å²) >= 11 is 0. The molecule has 1 nitrogen and oxygen atoms in total. The summed E-state index contributed by atoms with van der Waals surface area (Å²) in [6.07, 6.45) is 11.1. The molecule has 2 aliphatic rings. The highest BCUT2D eigenvalue weighted by Gasteiger charge is 2.36. The van der Waals surface area contributed by atoms with E-state index in [-0.39, 0.29) is 0 Å². The lowest BCUT2D eigenvalue weighted by Crippen LogP contribution is -2.25. The molecule has 0 atom stereocenters. The third-order valence-electron chi connectivity index (χ3n) is 3.67. The number of nitrogens with zero attached hydrogens (tertiary/aromatic N) is 1. The zero-order valence-corrected chi connectivity index (χ0v) is 8.81. The Morgan fingerprint density at radius 2 is 2.00 bits per heavy atom. The lowest BCUT2D eigenvalue weighted by molar-refractivity contribution is 0.221. The normalized spacial score (nSPS) is 26.4. The van der Waals surface area contributed by atoms with E-state index in [1.54, 1.807) is 0 Å². The fourth-order valence-electron chi connectivity index (χ4n) is 2.92. The highest BCUT2D eigenvalue weighted by molar-refractivity contribution is 5.86. The average Bonchev–Trinajstić information content (AvgIpc) is 2.51. The molecule has 0 N–H and O–H groups in total. The highest BCUT2D eigenvalue weighted by atomic mass is 14.8. The van der Waals surface area contributed by atoms with Crippen molar-refractivity contribution in [2.75, 3.05) is 6.54 Å². The van der Waals surface area contributed by atoms with Crippen LogP contribution in [0.5, 0.6) is 0 Å². The molecule has 0 radical (unpaired) electrons. The van der Waals surface area contributed by atoms with Crippen LogP contribution in [0.4, 0.5) is 0 Å². The molecular formula is C12H21N. The summed E-state index contributed by atoms with van der Waals surface area (Å²) in [6, 6.07) is 0. The first kappa shape index (κ1) is 9.23. The maximum Gasteiger partial charge on any atom is 0.0448 e. The number of aliphatic imine (C=N–C) groups is 1. The van der Waals surface area contributed by atoms with Gasteiger partial charge >= 0.3 is 0 Å². The molecule has 74 valence electrons. The number of hydrogen-bond acceptors (Lipinski definition) is 1. The minimum Gasteiger partial charge on any atom is -0.294 e. The maximum atomic E-state index is 4.72. The minimum atomic E-state index is 0.642. The Morgan fingerprint density at radius 3 is 2.69 bits per heavy atom. The molecule has 0 aromatic carbocycles. The van der Waals surface area contributed by atoms with Gasteiger partial charge in [0.15, 0.2) is 0 Å². The van der Waals surface area contributed by atoms with Crippen LogP contribution < -0.4 is 0 Å². The molecule has 1 spiro atoms. The second-order valence-corrected chi connectivity index (χ2v) is 4.87. The molecule has 0 unspecified atom stereocenters. The fourth-order valence-corrected chi connectivity index (χ4v) is 2.92. The van der Waals surface area contributed by atoms with Crippen molar-refractivity contribution < 1.29 is 0 Å². The van der Waals surface area contributed by atoms with E-state index >= 15 is 0 Å². The Labute approximate surface area is 81.6 Å². The molecule has 0 aromatic rings. The third-order valence-corrected chi connectivity index (χ3v) is 3.67. The molecule has 0 bridgehead atoms. The average molecular weight is 179 g/mol. The molecule has 1 saturated carbocycles. The SMILES string of the molecule is CCCC1=NCC2(CCCCC2)C1. The summed E-state index contributed by atoms with van der Waals surface area (Å²) < 4.78 is 0. The van der Waals surface area contributed by atoms with Crippen LogP contribution in [0.15, 0.2) is 4.99 Å². The van der Waals surface area contributed by atoms with E-state index in [2.05, 4.69) is 6.92 Å². The van der Waals surface area contributed by atoms with Crippen molar-refractivity contribution in [2.45, 2.75) is 58.3 Å². The van der Waals surface area contributed by atoms with E-state index in [0.717, 1.165) is 6.54 Å². The monoisotopic (exact) mass is 179 g/mol. The molecule has 2 rings (SSSR count). The van der Waals surface area contributed by atoms with Gasteiger partial charge in [-0.2, -0.15) is 0 Å². The molecule has 0 aromatic heterocycles. The second kappa shape index (κ2) is 3.81. The Hall–Kier alpha value is -0.330. The smallest absolute Gasteiger partial charge is 0.0448 e. The van der Waals surface area contributed by atoms with E-state index in [9.17, 15) is 0 Å². The van der Waals surface area contributed by atoms with Crippen LogP contribution in [0, 0.1) is 5.41 Å². The summed E-state index contributed by atoms with van der Waals surface area (Å²) in [5.41, 5.74) is 2.16. The van der Waals surface area contributed by atoms with Crippen molar-refractivity contribution in [3.63, 3.8) is 0 Å². The van der Waals surface area contributed by atoms with Crippen molar-refractivity contribution in [1.29, 1.82) is 0 Å². The summed E-state index contributed by atoms with van der Waals surface area (Å²) in [6.45, 7) is 3.41. The Morgan fingerprint density at radius 1 is 1.23 bits per heavy atom. The Balaban J connectivity index is 1.91. The van der Waals surface area contributed by atoms with Gasteiger partial charge in [-0.05, 0) is 31.1 Å². The summed E-state index contributed by atoms with van der Waals surface area (Å²) in [5, 5.41) is 0. The third kappa shape index (κ3) is 1.95. The van der Waals surface area contributed by atoms with Gasteiger partial charge in [-0.3, -0.25) is 4.99 Å². The van der Waals surface area contributed by atoms with E-state index in [0.29, 0.717) is 5.41 Å². The Kier molecular flexibility index (Phi) is 2.71. The molecule has 0 amide bonds. The standard InChI is InChI=1S/C12H21N/c1-2-6-11-9-12(10-13-11)7-4-3-5-8-12/h2-10H2,1H3. The van der Waals surface area contributed by atoms with E-state index < -0.39 is 0 Å². The van der Waals surface area contributed by atoms with Gasteiger partial charge in [0.25, 0.3) is 0 Å². The van der Waals surface area contributed by atoms with Gasteiger partial charge in [0.1, 0.15) is 0 Å². The molecule has 1 fully saturated rings. The van der Waals surface area contributed by atoms with Crippen LogP contribution in [-0.2, 0) is 0 Å². The lowest BCUT2D eigenvalue weighted by atomic mass is 9.72. The predicted octanol–water partition coefficient (Wildman–Crippen LogP) is 3.58. The molecule has 0 saturated heterocycles. The first-order chi connectivity index (χ1) is 6.35. The zero-order valence-electron chi connectivity index (χ0n) is 8.81. The Bertz CT molecular complexity index is 199. The van der Waals surface area contributed by atoms with E-state index in [1.165, 1.54) is 57.1 Å². The van der Waals surface area contributed by atoms with Crippen LogP contribution in [-0.4, -0.2) is 12.3 Å². The van der Waals surface area contributed by atoms with Crippen molar-refractivity contribution in [2.24, 2.45) is 10.4 Å². The predicted molar refractivity (Wildman–Crippen MR) is 57.3 cm³/mol. The maximum absolute atomic E-state index is 4.72. The van der Waals surface area contributed by atoms with Gasteiger partial charge in [0, 0.05) is 12.3 Å². The van der Waals surface area contributed by atoms with Crippen LogP contribution >= 0.6 is 0 Å². The fraction of sp³-hybridized carbons (Fsp3) is 0.917. The van der Waals surface area contributed by atoms with Gasteiger partial charge in [-0.15, -0.1) is 0 Å². The van der Waals surface area contributed by atoms with Crippen LogP contribution in [0.1, 0.15) is 58.3 Å². The second-order valence-electron chi connectivity index (χ2n) is 4.87. The molecule has 1 aliphatic heterocycles. The summed E-state index contributed by atoms with van der Waals surface area (Å²) in [7, 11) is 0. The quantitative estimate of drug-likeness (QED) is 0.614. The van der Waals surface area contributed by atoms with Gasteiger partial charge in [0.05, 0.1) is 0 Å². The molecular weight excluding hydrogens is 158 g/mol. The van der Waals surface area contributed by atoms with Crippen molar-refractivity contribution in [1.82, 2.24) is 0 Å². The van der Waals surface area contributed by atoms with Gasteiger partial charge in [-0.25, -0.2) is 0 Å². The van der Waals surface area contributed by atoms with Crippen LogP contribution in [0.3, 0.4) is 0 Å². The summed E-state index contributed by atoms with van der Waals surface area (Å²) in [5.74, 6) is 0. The summed E-state index contributed by atoms with van der Waals surface area (Å²) in [4.78, 5) is 4.72. The van der Waals surface area contributed by atoms with E-state index in [4.69, 9.17) is 4.99 Å². The van der Waals surface area contributed by atoms with Crippen molar-refractivity contribution in [3.05, 3.63) is 0 Å². The number of rotatable bonds is 2. The van der Waals surface area contributed by atoms with Crippen LogP contribution in [0.25, 0.3) is 0 Å². The van der Waals surface area contributed by atoms with E-state index in [1.807, 2.05) is 0 Å². The molecule has 13 heavy (non-hydrogen) atoms. The largest absolute Gasteiger partial charge is 0.294 e. The van der Waals surface area contributed by atoms with Gasteiger partial charge < -0.3 is 0 Å². The topological polar surface area (TPSA) is 12.4 Å². The first-order valence-electron chi connectivity index (χ1n) is 5.87. The minimum absolute atomic E-state index is 0.642. The lowest BCUT2D eigenvalue weighted by Gasteiger charge is -2.32. The van der Waals surface area contributed by atoms with Gasteiger partial charge in [0.2, 0.25) is 0 Å². The van der Waals surface area contributed by atoms with Crippen molar-refractivity contribution in [3.8, 4) is 0 Å².